The maximum Gasteiger partial charge on any atom is 0.0875 e. The number of hydrogen-bond acceptors (Lipinski definition) is 2. The van der Waals surface area contributed by atoms with E-state index in [2.05, 4.69) is 42.2 Å². The Balaban J connectivity index is 1.60. The molecule has 4 atom stereocenters. The number of aliphatic hydroxyl groups excluding tert-OH is 1. The summed E-state index contributed by atoms with van der Waals surface area (Å²) >= 11 is 6.03. The molecule has 2 aromatic carbocycles. The van der Waals surface area contributed by atoms with E-state index in [9.17, 15) is 5.11 Å². The highest BCUT2D eigenvalue weighted by molar-refractivity contribution is 6.30. The molecule has 4 heteroatoms. The number of aliphatic hydroxyl groups is 1. The zero-order chi connectivity index (χ0) is 19.5. The zero-order valence-electron chi connectivity index (χ0n) is 16.0. The monoisotopic (exact) mass is 395 g/mol. The average Bonchev–Trinajstić information content (AvgIpc) is 3.23. The van der Waals surface area contributed by atoms with Gasteiger partial charge in [-0.05, 0) is 59.7 Å². The van der Waals surface area contributed by atoms with Gasteiger partial charge in [0.15, 0.2) is 0 Å². The topological polar surface area (TPSA) is 45.2 Å². The Labute approximate surface area is 171 Å². The van der Waals surface area contributed by atoms with Crippen LogP contribution in [0, 0.1) is 5.92 Å². The van der Waals surface area contributed by atoms with Crippen molar-refractivity contribution < 1.29 is 9.84 Å². The number of H-pyrrole nitrogens is 1. The van der Waals surface area contributed by atoms with E-state index in [1.54, 1.807) is 0 Å². The number of aromatic amines is 1. The molecule has 146 valence electrons. The van der Waals surface area contributed by atoms with Gasteiger partial charge in [-0.15, -0.1) is 0 Å². The van der Waals surface area contributed by atoms with Crippen LogP contribution in [0.15, 0.2) is 66.9 Å². The lowest BCUT2D eigenvalue weighted by Gasteiger charge is -2.33. The van der Waals surface area contributed by atoms with Gasteiger partial charge in [0.25, 0.3) is 0 Å². The van der Waals surface area contributed by atoms with Crippen molar-refractivity contribution in [2.24, 2.45) is 5.92 Å². The summed E-state index contributed by atoms with van der Waals surface area (Å²) in [6.07, 6.45) is 3.18. The van der Waals surface area contributed by atoms with Gasteiger partial charge in [-0.3, -0.25) is 0 Å². The van der Waals surface area contributed by atoms with Crippen molar-refractivity contribution in [2.45, 2.75) is 37.9 Å². The summed E-state index contributed by atoms with van der Waals surface area (Å²) in [4.78, 5) is 3.31. The van der Waals surface area contributed by atoms with Gasteiger partial charge in [-0.1, -0.05) is 54.9 Å². The third-order valence-electron chi connectivity index (χ3n) is 5.82. The summed E-state index contributed by atoms with van der Waals surface area (Å²) in [7, 11) is 0. The average molecular weight is 396 g/mol. The maximum absolute atomic E-state index is 11.2. The summed E-state index contributed by atoms with van der Waals surface area (Å²) in [6.45, 7) is 2.95. The Bertz CT molecular complexity index is 891. The van der Waals surface area contributed by atoms with E-state index >= 15 is 0 Å². The van der Waals surface area contributed by atoms with Crippen molar-refractivity contribution in [1.29, 1.82) is 0 Å². The van der Waals surface area contributed by atoms with Gasteiger partial charge >= 0.3 is 0 Å². The fraction of sp³-hybridized carbons (Fsp3) is 0.333. The van der Waals surface area contributed by atoms with E-state index in [0.717, 1.165) is 30.7 Å². The van der Waals surface area contributed by atoms with Gasteiger partial charge in [0, 0.05) is 22.8 Å². The molecule has 0 saturated carbocycles. The second-order valence-electron chi connectivity index (χ2n) is 7.67. The second kappa shape index (κ2) is 8.52. The molecule has 1 aromatic heterocycles. The van der Waals surface area contributed by atoms with Gasteiger partial charge in [0.05, 0.1) is 18.8 Å². The lowest BCUT2D eigenvalue weighted by atomic mass is 9.79. The molecule has 4 unspecified atom stereocenters. The summed E-state index contributed by atoms with van der Waals surface area (Å²) in [5.41, 5.74) is 4.58. The molecule has 0 saturated heterocycles. The molecule has 3 aromatic rings. The van der Waals surface area contributed by atoms with Gasteiger partial charge in [0.1, 0.15) is 0 Å². The van der Waals surface area contributed by atoms with Gasteiger partial charge in [0.2, 0.25) is 0 Å². The third kappa shape index (κ3) is 4.02. The minimum Gasteiger partial charge on any atom is -0.388 e. The van der Waals surface area contributed by atoms with E-state index < -0.39 is 6.10 Å². The fourth-order valence-corrected chi connectivity index (χ4v) is 4.49. The van der Waals surface area contributed by atoms with Gasteiger partial charge in [-0.25, -0.2) is 0 Å². The van der Waals surface area contributed by atoms with Crippen LogP contribution in [0.5, 0.6) is 0 Å². The smallest absolute Gasteiger partial charge is 0.0875 e. The van der Waals surface area contributed by atoms with Crippen LogP contribution in [0.4, 0.5) is 0 Å². The Morgan fingerprint density at radius 3 is 2.64 bits per heavy atom. The molecular formula is C24H26ClNO2. The first-order chi connectivity index (χ1) is 13.6. The summed E-state index contributed by atoms with van der Waals surface area (Å²) in [5, 5.41) is 11.9. The predicted molar refractivity (Wildman–Crippen MR) is 113 cm³/mol. The maximum atomic E-state index is 11.2. The first-order valence-electron chi connectivity index (χ1n) is 9.89. The minimum absolute atomic E-state index is 0.0612. The minimum atomic E-state index is -0.621. The van der Waals surface area contributed by atoms with Crippen LogP contribution in [0.2, 0.25) is 5.02 Å². The Kier molecular flexibility index (Phi) is 5.86. The first kappa shape index (κ1) is 19.3. The van der Waals surface area contributed by atoms with Gasteiger partial charge < -0.3 is 14.8 Å². The fourth-order valence-electron chi connectivity index (χ4n) is 4.36. The number of rotatable bonds is 6. The lowest BCUT2D eigenvalue weighted by Crippen LogP contribution is -2.24. The summed E-state index contributed by atoms with van der Waals surface area (Å²) in [5.74, 6) is 0.148. The molecule has 2 N–H and O–H groups in total. The van der Waals surface area contributed by atoms with E-state index in [1.165, 1.54) is 11.1 Å². The first-order valence-corrected chi connectivity index (χ1v) is 10.3. The van der Waals surface area contributed by atoms with Crippen LogP contribution in [0.1, 0.15) is 53.9 Å². The van der Waals surface area contributed by atoms with Crippen molar-refractivity contribution in [3.05, 3.63) is 94.3 Å². The number of hydrogen-bond donors (Lipinski definition) is 2. The molecule has 0 amide bonds. The van der Waals surface area contributed by atoms with Gasteiger partial charge in [-0.2, -0.15) is 0 Å². The second-order valence-corrected chi connectivity index (χ2v) is 8.11. The highest BCUT2D eigenvalue weighted by Gasteiger charge is 2.32. The highest BCUT2D eigenvalue weighted by Crippen LogP contribution is 2.42. The molecule has 0 aliphatic carbocycles. The highest BCUT2D eigenvalue weighted by atomic mass is 35.5. The Morgan fingerprint density at radius 2 is 1.89 bits per heavy atom. The SMILES string of the molecule is CC(CC1OCCc2ccccc21)C(c1ccc[nH]1)C(O)c1ccc(Cl)cc1. The molecule has 0 bridgehead atoms. The van der Waals surface area contributed by atoms with Crippen molar-refractivity contribution >= 4 is 11.6 Å². The standard InChI is InChI=1S/C24H26ClNO2/c1-16(15-22-20-6-3-2-5-17(20)12-14-28-22)23(21-7-4-13-26-21)24(27)18-8-10-19(25)11-9-18/h2-11,13,16,22-24,26-27H,12,14-15H2,1H3. The van der Waals surface area contributed by atoms with Crippen LogP contribution in [0.25, 0.3) is 0 Å². The van der Waals surface area contributed by atoms with Crippen molar-refractivity contribution in [3.8, 4) is 0 Å². The van der Waals surface area contributed by atoms with Crippen LogP contribution >= 0.6 is 11.6 Å². The van der Waals surface area contributed by atoms with E-state index in [1.807, 2.05) is 36.5 Å². The molecule has 28 heavy (non-hydrogen) atoms. The normalized spacial score (nSPS) is 19.6. The number of nitrogens with one attached hydrogen (secondary N) is 1. The van der Waals surface area contributed by atoms with Crippen LogP contribution in [0.3, 0.4) is 0 Å². The van der Waals surface area contributed by atoms with Crippen LogP contribution < -0.4 is 0 Å². The molecule has 0 spiro atoms. The molecule has 2 heterocycles. The molecule has 1 aliphatic heterocycles. The lowest BCUT2D eigenvalue weighted by molar-refractivity contribution is 0.0151. The quantitative estimate of drug-likeness (QED) is 0.551. The molecule has 1 aliphatic rings. The van der Waals surface area contributed by atoms with Crippen LogP contribution in [-0.2, 0) is 11.2 Å². The molecular weight excluding hydrogens is 370 g/mol. The molecule has 0 fully saturated rings. The number of ether oxygens (including phenoxy) is 1. The molecule has 4 rings (SSSR count). The van der Waals surface area contributed by atoms with E-state index in [-0.39, 0.29) is 17.9 Å². The van der Waals surface area contributed by atoms with Crippen molar-refractivity contribution in [2.75, 3.05) is 6.61 Å². The number of fused-ring (bicyclic) bond motifs is 1. The van der Waals surface area contributed by atoms with E-state index in [4.69, 9.17) is 16.3 Å². The number of halogens is 1. The van der Waals surface area contributed by atoms with Crippen molar-refractivity contribution in [1.82, 2.24) is 4.98 Å². The summed E-state index contributed by atoms with van der Waals surface area (Å²) < 4.78 is 6.13. The van der Waals surface area contributed by atoms with Crippen LogP contribution in [-0.4, -0.2) is 16.7 Å². The van der Waals surface area contributed by atoms with E-state index in [0.29, 0.717) is 5.02 Å². The zero-order valence-corrected chi connectivity index (χ0v) is 16.8. The molecule has 3 nitrogen and oxygen atoms in total. The number of aromatic nitrogens is 1. The Morgan fingerprint density at radius 1 is 1.11 bits per heavy atom. The number of benzene rings is 2. The molecule has 0 radical (unpaired) electrons. The predicted octanol–water partition coefficient (Wildman–Crippen LogP) is 5.83. The third-order valence-corrected chi connectivity index (χ3v) is 6.08. The Hall–Kier alpha value is -2.07. The van der Waals surface area contributed by atoms with Crippen molar-refractivity contribution in [3.63, 3.8) is 0 Å². The summed E-state index contributed by atoms with van der Waals surface area (Å²) in [6, 6.07) is 20.0. The largest absolute Gasteiger partial charge is 0.388 e.